The van der Waals surface area contributed by atoms with Crippen molar-refractivity contribution in [2.45, 2.75) is 83.8 Å². The Morgan fingerprint density at radius 3 is 1.76 bits per heavy atom. The molecular weight excluding hydrogens is 370 g/mol. The summed E-state index contributed by atoms with van der Waals surface area (Å²) in [5, 5.41) is 12.1. The van der Waals surface area contributed by atoms with Crippen molar-refractivity contribution in [3.63, 3.8) is 0 Å². The maximum absolute atomic E-state index is 9.74. The number of hydrogen-bond acceptors (Lipinski definition) is 2. The quantitative estimate of drug-likeness (QED) is 0.292. The fraction of sp³-hybridized carbons (Fsp3) is 0.500. The SMILES string of the molecule is CCCCCCCCCC(C)(C)O[Si](CC#N)(c1ccccc1)c1ccccc1. The van der Waals surface area contributed by atoms with Gasteiger partial charge in [-0.05, 0) is 30.6 Å². The van der Waals surface area contributed by atoms with E-state index in [-0.39, 0.29) is 5.60 Å². The summed E-state index contributed by atoms with van der Waals surface area (Å²) >= 11 is 0. The molecule has 0 spiro atoms. The molecule has 2 aromatic carbocycles. The van der Waals surface area contributed by atoms with Crippen molar-refractivity contribution < 1.29 is 4.43 Å². The third-order valence-electron chi connectivity index (χ3n) is 5.64. The van der Waals surface area contributed by atoms with Gasteiger partial charge in [0.25, 0.3) is 8.32 Å². The number of unbranched alkanes of at least 4 members (excludes halogenated alkanes) is 6. The van der Waals surface area contributed by atoms with Crippen LogP contribution in [-0.4, -0.2) is 13.9 Å². The summed E-state index contributed by atoms with van der Waals surface area (Å²) < 4.78 is 7.00. The summed E-state index contributed by atoms with van der Waals surface area (Å²) in [5.41, 5.74) is -0.252. The smallest absolute Gasteiger partial charge is 0.270 e. The van der Waals surface area contributed by atoms with Crippen LogP contribution in [0, 0.1) is 11.3 Å². The van der Waals surface area contributed by atoms with Crippen LogP contribution < -0.4 is 10.4 Å². The second kappa shape index (κ2) is 12.0. The van der Waals surface area contributed by atoms with Crippen LogP contribution in [0.4, 0.5) is 0 Å². The molecule has 0 saturated heterocycles. The van der Waals surface area contributed by atoms with Gasteiger partial charge < -0.3 is 4.43 Å². The van der Waals surface area contributed by atoms with Crippen molar-refractivity contribution in [1.29, 1.82) is 5.26 Å². The van der Waals surface area contributed by atoms with Gasteiger partial charge >= 0.3 is 0 Å². The van der Waals surface area contributed by atoms with Gasteiger partial charge in [-0.3, -0.25) is 0 Å². The van der Waals surface area contributed by atoms with Crippen LogP contribution in [0.1, 0.15) is 72.1 Å². The van der Waals surface area contributed by atoms with Gasteiger partial charge in [-0.2, -0.15) is 5.26 Å². The lowest BCUT2D eigenvalue weighted by molar-refractivity contribution is 0.0913. The Kier molecular flexibility index (Phi) is 9.64. The molecule has 0 unspecified atom stereocenters. The van der Waals surface area contributed by atoms with Crippen LogP contribution >= 0.6 is 0 Å². The lowest BCUT2D eigenvalue weighted by Crippen LogP contribution is -2.63. The van der Waals surface area contributed by atoms with Gasteiger partial charge in [0, 0.05) is 0 Å². The highest BCUT2D eigenvalue weighted by Gasteiger charge is 2.43. The Labute approximate surface area is 179 Å². The van der Waals surface area contributed by atoms with Crippen LogP contribution in [0.15, 0.2) is 60.7 Å². The highest BCUT2D eigenvalue weighted by Crippen LogP contribution is 2.26. The van der Waals surface area contributed by atoms with E-state index in [1.165, 1.54) is 55.3 Å². The lowest BCUT2D eigenvalue weighted by atomic mass is 10.00. The van der Waals surface area contributed by atoms with Crippen molar-refractivity contribution >= 4 is 18.7 Å². The van der Waals surface area contributed by atoms with Crippen LogP contribution in [0.2, 0.25) is 6.04 Å². The molecule has 156 valence electrons. The second-order valence-electron chi connectivity index (χ2n) is 8.63. The molecule has 2 aromatic rings. The highest BCUT2D eigenvalue weighted by atomic mass is 28.4. The van der Waals surface area contributed by atoms with Gasteiger partial charge in [-0.25, -0.2) is 0 Å². The Balaban J connectivity index is 2.16. The monoisotopic (exact) mass is 407 g/mol. The Bertz CT molecular complexity index is 697. The topological polar surface area (TPSA) is 33.0 Å². The molecule has 0 aliphatic carbocycles. The third kappa shape index (κ3) is 7.14. The fourth-order valence-electron chi connectivity index (χ4n) is 4.08. The van der Waals surface area contributed by atoms with E-state index < -0.39 is 8.32 Å². The van der Waals surface area contributed by atoms with E-state index in [0.29, 0.717) is 6.04 Å². The van der Waals surface area contributed by atoms with Crippen LogP contribution in [0.5, 0.6) is 0 Å². The molecular formula is C26H37NOSi. The summed E-state index contributed by atoms with van der Waals surface area (Å²) in [6, 6.07) is 23.8. The molecule has 29 heavy (non-hydrogen) atoms. The first-order valence-electron chi connectivity index (χ1n) is 11.2. The zero-order valence-corrected chi connectivity index (χ0v) is 19.5. The van der Waals surface area contributed by atoms with Crippen molar-refractivity contribution in [3.05, 3.63) is 60.7 Å². The van der Waals surface area contributed by atoms with E-state index in [4.69, 9.17) is 4.43 Å². The van der Waals surface area contributed by atoms with Crippen LogP contribution in [0.25, 0.3) is 0 Å². The third-order valence-corrected chi connectivity index (χ3v) is 9.73. The molecule has 0 fully saturated rings. The fourth-order valence-corrected chi connectivity index (χ4v) is 7.86. The number of rotatable bonds is 13. The van der Waals surface area contributed by atoms with E-state index in [9.17, 15) is 5.26 Å². The minimum absolute atomic E-state index is 0.252. The zero-order valence-electron chi connectivity index (χ0n) is 18.5. The summed E-state index contributed by atoms with van der Waals surface area (Å²) in [5.74, 6) is 0. The Morgan fingerprint density at radius 1 is 0.793 bits per heavy atom. The molecule has 0 radical (unpaired) electrons. The molecule has 0 atom stereocenters. The van der Waals surface area contributed by atoms with E-state index >= 15 is 0 Å². The van der Waals surface area contributed by atoms with Gasteiger partial charge in [0.15, 0.2) is 0 Å². The number of benzene rings is 2. The molecule has 0 N–H and O–H groups in total. The highest BCUT2D eigenvalue weighted by molar-refractivity contribution is 6.98. The summed E-state index contributed by atoms with van der Waals surface area (Å²) in [7, 11) is -2.63. The number of nitriles is 1. The summed E-state index contributed by atoms with van der Waals surface area (Å²) in [4.78, 5) is 0. The normalized spacial score (nSPS) is 11.9. The van der Waals surface area contributed by atoms with Crippen molar-refractivity contribution in [1.82, 2.24) is 0 Å². The zero-order chi connectivity index (χ0) is 21.0. The van der Waals surface area contributed by atoms with Gasteiger partial charge in [-0.15, -0.1) is 0 Å². The average Bonchev–Trinajstić information content (AvgIpc) is 2.74. The molecule has 0 bridgehead atoms. The van der Waals surface area contributed by atoms with Crippen LogP contribution in [-0.2, 0) is 4.43 Å². The lowest BCUT2D eigenvalue weighted by Gasteiger charge is -2.39. The molecule has 2 rings (SSSR count). The van der Waals surface area contributed by atoms with Gasteiger partial charge in [0.1, 0.15) is 0 Å². The van der Waals surface area contributed by atoms with Crippen molar-refractivity contribution in [2.24, 2.45) is 0 Å². The first-order chi connectivity index (χ1) is 14.0. The van der Waals surface area contributed by atoms with E-state index in [1.807, 2.05) is 12.1 Å². The van der Waals surface area contributed by atoms with Crippen molar-refractivity contribution in [3.8, 4) is 6.07 Å². The standard InChI is InChI=1S/C26H37NOSi/c1-4-5-6-7-8-9-16-21-26(2,3)28-29(23-22-27,24-17-12-10-13-18-24)25-19-14-11-15-20-25/h10-15,17-20H,4-9,16,21,23H2,1-3H3. The number of nitrogens with zero attached hydrogens (tertiary/aromatic N) is 1. The molecule has 0 heterocycles. The van der Waals surface area contributed by atoms with E-state index in [1.54, 1.807) is 0 Å². The molecule has 3 heteroatoms. The summed E-state index contributed by atoms with van der Waals surface area (Å²) in [6.45, 7) is 6.67. The van der Waals surface area contributed by atoms with Gasteiger partial charge in [0.2, 0.25) is 0 Å². The number of hydrogen-bond donors (Lipinski definition) is 0. The van der Waals surface area contributed by atoms with Gasteiger partial charge in [-0.1, -0.05) is 113 Å². The molecule has 0 amide bonds. The average molecular weight is 408 g/mol. The predicted molar refractivity (Wildman–Crippen MR) is 126 cm³/mol. The first-order valence-corrected chi connectivity index (χ1v) is 13.3. The molecule has 0 aliphatic rings. The molecule has 0 aromatic heterocycles. The van der Waals surface area contributed by atoms with Crippen LogP contribution in [0.3, 0.4) is 0 Å². The van der Waals surface area contributed by atoms with Crippen molar-refractivity contribution in [2.75, 3.05) is 0 Å². The molecule has 0 aliphatic heterocycles. The van der Waals surface area contributed by atoms with E-state index in [0.717, 1.165) is 6.42 Å². The van der Waals surface area contributed by atoms with E-state index in [2.05, 4.69) is 75.4 Å². The molecule has 2 nitrogen and oxygen atoms in total. The predicted octanol–water partition coefficient (Wildman–Crippen LogP) is 6.21. The largest absolute Gasteiger partial charge is 0.402 e. The first kappa shape index (κ1) is 23.4. The Hall–Kier alpha value is -1.89. The maximum Gasteiger partial charge on any atom is 0.270 e. The minimum Gasteiger partial charge on any atom is -0.402 e. The Morgan fingerprint density at radius 2 is 1.28 bits per heavy atom. The summed E-state index contributed by atoms with van der Waals surface area (Å²) in [6.07, 6.45) is 10.1. The maximum atomic E-state index is 9.74. The van der Waals surface area contributed by atoms with Gasteiger partial charge in [0.05, 0.1) is 17.7 Å². The second-order valence-corrected chi connectivity index (χ2v) is 12.0. The minimum atomic E-state index is -2.63. The molecule has 0 saturated carbocycles.